The largest absolute Gasteiger partial charge is 0.262 e. The minimum absolute atomic E-state index is 0.0222. The molecule has 1 aliphatic rings. The Balaban J connectivity index is 2.54. The molecule has 2 rings (SSSR count). The lowest BCUT2D eigenvalue weighted by Gasteiger charge is -2.22. The van der Waals surface area contributed by atoms with Crippen molar-refractivity contribution in [2.45, 2.75) is 42.0 Å². The van der Waals surface area contributed by atoms with E-state index in [2.05, 4.69) is 0 Å². The molecule has 0 N–H and O–H groups in total. The Morgan fingerprint density at radius 3 is 2.15 bits per heavy atom. The second kappa shape index (κ2) is 5.63. The summed E-state index contributed by atoms with van der Waals surface area (Å²) in [5, 5.41) is 0. The van der Waals surface area contributed by atoms with Crippen molar-refractivity contribution in [2.24, 2.45) is 0 Å². The molecule has 1 aliphatic carbocycles. The average Bonchev–Trinajstić information content (AvgIpc) is 3.19. The number of halogens is 1. The number of hydrogen-bond donors (Lipinski definition) is 0. The first-order chi connectivity index (χ1) is 9.28. The summed E-state index contributed by atoms with van der Waals surface area (Å²) in [5.74, 6) is 0. The van der Waals surface area contributed by atoms with Crippen molar-refractivity contribution < 1.29 is 16.8 Å². The van der Waals surface area contributed by atoms with Crippen LogP contribution in [0.2, 0.25) is 0 Å². The molecule has 0 unspecified atom stereocenters. The predicted octanol–water partition coefficient (Wildman–Crippen LogP) is 2.18. The molecule has 0 heterocycles. The highest BCUT2D eigenvalue weighted by Gasteiger charge is 2.39. The molecule has 1 aromatic rings. The number of sulfonamides is 1. The summed E-state index contributed by atoms with van der Waals surface area (Å²) in [4.78, 5) is -0.598. The summed E-state index contributed by atoms with van der Waals surface area (Å²) >= 11 is 0. The molecule has 20 heavy (non-hydrogen) atoms. The van der Waals surface area contributed by atoms with Gasteiger partial charge < -0.3 is 0 Å². The van der Waals surface area contributed by atoms with Gasteiger partial charge in [0.25, 0.3) is 9.05 Å². The fraction of sp³-hybridized carbons (Fsp3) is 0.500. The zero-order chi connectivity index (χ0) is 15.0. The molecule has 1 saturated carbocycles. The van der Waals surface area contributed by atoms with Gasteiger partial charge in [0.15, 0.2) is 0 Å². The van der Waals surface area contributed by atoms with Crippen molar-refractivity contribution in [3.05, 3.63) is 24.3 Å². The second-order valence-corrected chi connectivity index (χ2v) is 9.12. The Bertz CT molecular complexity index is 696. The Labute approximate surface area is 124 Å². The molecule has 0 aliphatic heterocycles. The maximum absolute atomic E-state index is 12.7. The second-order valence-electron chi connectivity index (χ2n) is 4.73. The molecule has 112 valence electrons. The van der Waals surface area contributed by atoms with Crippen molar-refractivity contribution in [2.75, 3.05) is 6.54 Å². The van der Waals surface area contributed by atoms with Crippen molar-refractivity contribution in [3.63, 3.8) is 0 Å². The van der Waals surface area contributed by atoms with Crippen LogP contribution in [0.15, 0.2) is 34.1 Å². The quantitative estimate of drug-likeness (QED) is 0.746. The van der Waals surface area contributed by atoms with Crippen molar-refractivity contribution in [1.82, 2.24) is 4.31 Å². The molecule has 0 bridgehead atoms. The molecule has 0 saturated heterocycles. The maximum atomic E-state index is 12.7. The zero-order valence-electron chi connectivity index (χ0n) is 11.0. The van der Waals surface area contributed by atoms with Gasteiger partial charge in [-0.05, 0) is 31.4 Å². The Hall–Kier alpha value is -0.630. The molecule has 0 spiro atoms. The van der Waals surface area contributed by atoms with Crippen LogP contribution in [0.3, 0.4) is 0 Å². The first-order valence-corrected chi connectivity index (χ1v) is 10.1. The summed E-state index contributed by atoms with van der Waals surface area (Å²) < 4.78 is 49.8. The minimum Gasteiger partial charge on any atom is -0.207 e. The summed E-state index contributed by atoms with van der Waals surface area (Å²) in [6, 6.07) is 5.43. The predicted molar refractivity (Wildman–Crippen MR) is 76.7 cm³/mol. The van der Waals surface area contributed by atoms with Gasteiger partial charge in [0, 0.05) is 23.3 Å². The van der Waals surface area contributed by atoms with E-state index in [0.29, 0.717) is 13.0 Å². The van der Waals surface area contributed by atoms with Crippen LogP contribution in [0.25, 0.3) is 0 Å². The topological polar surface area (TPSA) is 71.5 Å². The van der Waals surface area contributed by atoms with E-state index >= 15 is 0 Å². The van der Waals surface area contributed by atoms with Gasteiger partial charge in [0.2, 0.25) is 10.0 Å². The van der Waals surface area contributed by atoms with Crippen molar-refractivity contribution in [3.8, 4) is 0 Å². The highest BCUT2D eigenvalue weighted by molar-refractivity contribution is 8.14. The molecule has 0 radical (unpaired) electrons. The maximum Gasteiger partial charge on any atom is 0.262 e. The molecule has 1 fully saturated rings. The summed E-state index contributed by atoms with van der Waals surface area (Å²) in [6.07, 6.45) is 2.30. The van der Waals surface area contributed by atoms with Gasteiger partial charge in [-0.3, -0.25) is 0 Å². The van der Waals surface area contributed by atoms with Crippen LogP contribution in [0.4, 0.5) is 0 Å². The smallest absolute Gasteiger partial charge is 0.207 e. The lowest BCUT2D eigenvalue weighted by molar-refractivity contribution is 0.402. The van der Waals surface area contributed by atoms with Crippen LogP contribution in [0.5, 0.6) is 0 Å². The first kappa shape index (κ1) is 15.8. The Kier molecular flexibility index (Phi) is 4.44. The van der Waals surface area contributed by atoms with Crippen LogP contribution in [0.1, 0.15) is 26.2 Å². The van der Waals surface area contributed by atoms with Crippen LogP contribution >= 0.6 is 10.7 Å². The van der Waals surface area contributed by atoms with E-state index in [1.165, 1.54) is 28.6 Å². The van der Waals surface area contributed by atoms with E-state index in [9.17, 15) is 16.8 Å². The van der Waals surface area contributed by atoms with E-state index < -0.39 is 19.1 Å². The third kappa shape index (κ3) is 3.16. The molecule has 8 heteroatoms. The van der Waals surface area contributed by atoms with Crippen molar-refractivity contribution >= 4 is 29.8 Å². The highest BCUT2D eigenvalue weighted by Crippen LogP contribution is 2.34. The van der Waals surface area contributed by atoms with Gasteiger partial charge in [0.05, 0.1) is 0 Å². The number of rotatable bonds is 6. The normalized spacial score (nSPS) is 16.6. The standard InChI is InChI=1S/C12H16ClNO4S2/c1-2-9-14(10-7-8-10)20(17,18)12-6-4-3-5-11(12)19(13,15)16/h3-6,10H,2,7-9H2,1H3. The lowest BCUT2D eigenvalue weighted by atomic mass is 10.4. The molecular formula is C12H16ClNO4S2. The van der Waals surface area contributed by atoms with Gasteiger partial charge in [-0.15, -0.1) is 0 Å². The lowest BCUT2D eigenvalue weighted by Crippen LogP contribution is -2.34. The van der Waals surface area contributed by atoms with Crippen LogP contribution in [-0.2, 0) is 19.1 Å². The highest BCUT2D eigenvalue weighted by atomic mass is 35.7. The molecule has 1 aromatic carbocycles. The van der Waals surface area contributed by atoms with Gasteiger partial charge >= 0.3 is 0 Å². The van der Waals surface area contributed by atoms with Gasteiger partial charge in [-0.2, -0.15) is 4.31 Å². The fourth-order valence-electron chi connectivity index (χ4n) is 2.07. The molecular weight excluding hydrogens is 322 g/mol. The number of nitrogens with zero attached hydrogens (tertiary/aromatic N) is 1. The van der Waals surface area contributed by atoms with E-state index in [0.717, 1.165) is 12.8 Å². The van der Waals surface area contributed by atoms with E-state index in [1.54, 1.807) is 0 Å². The van der Waals surface area contributed by atoms with Crippen LogP contribution in [-0.4, -0.2) is 33.7 Å². The van der Waals surface area contributed by atoms with E-state index in [1.807, 2.05) is 6.92 Å². The summed E-state index contributed by atoms with van der Waals surface area (Å²) in [5.41, 5.74) is 0. The van der Waals surface area contributed by atoms with Crippen molar-refractivity contribution in [1.29, 1.82) is 0 Å². The summed E-state index contributed by atoms with van der Waals surface area (Å²) in [6.45, 7) is 2.26. The zero-order valence-corrected chi connectivity index (χ0v) is 13.4. The SMILES string of the molecule is CCCN(C1CC1)S(=O)(=O)c1ccccc1S(=O)(=O)Cl. The monoisotopic (exact) mass is 337 g/mol. The molecule has 5 nitrogen and oxygen atoms in total. The molecule has 0 aromatic heterocycles. The Morgan fingerprint density at radius 1 is 1.15 bits per heavy atom. The molecule has 0 atom stereocenters. The third-order valence-electron chi connectivity index (χ3n) is 3.10. The number of benzene rings is 1. The van der Waals surface area contributed by atoms with Crippen LogP contribution < -0.4 is 0 Å². The average molecular weight is 338 g/mol. The molecule has 0 amide bonds. The Morgan fingerprint density at radius 2 is 1.70 bits per heavy atom. The van der Waals surface area contributed by atoms with Crippen LogP contribution in [0, 0.1) is 0 Å². The van der Waals surface area contributed by atoms with Gasteiger partial charge in [0.1, 0.15) is 9.79 Å². The van der Waals surface area contributed by atoms with Gasteiger partial charge in [-0.1, -0.05) is 19.1 Å². The van der Waals surface area contributed by atoms with E-state index in [4.69, 9.17) is 10.7 Å². The number of hydrogen-bond acceptors (Lipinski definition) is 4. The third-order valence-corrected chi connectivity index (χ3v) is 6.62. The van der Waals surface area contributed by atoms with E-state index in [-0.39, 0.29) is 15.8 Å². The summed E-state index contributed by atoms with van der Waals surface area (Å²) in [7, 11) is -2.61. The van der Waals surface area contributed by atoms with Gasteiger partial charge in [-0.25, -0.2) is 16.8 Å². The first-order valence-electron chi connectivity index (χ1n) is 6.34. The fourth-order valence-corrected chi connectivity index (χ4v) is 5.66. The minimum atomic E-state index is -4.10.